The molecule has 0 saturated carbocycles. The second-order valence-electron chi connectivity index (χ2n) is 1.26. The van der Waals surface area contributed by atoms with E-state index in [0.29, 0.717) is 12.5 Å². The molecule has 0 aliphatic rings. The number of anilines is 1. The van der Waals surface area contributed by atoms with E-state index in [4.69, 9.17) is 5.73 Å². The molecular formula is C3H6N5. The Balaban J connectivity index is 2.92. The van der Waals surface area contributed by atoms with Gasteiger partial charge in [0.05, 0.1) is 0 Å². The van der Waals surface area contributed by atoms with Crippen LogP contribution >= 0.6 is 0 Å². The number of tetrazole rings is 1. The second-order valence-corrected chi connectivity index (χ2v) is 1.26. The Labute approximate surface area is 46.5 Å². The summed E-state index contributed by atoms with van der Waals surface area (Å²) < 4.78 is 1.40. The number of nitrogens with zero attached hydrogens (tertiary/aromatic N) is 4. The van der Waals surface area contributed by atoms with Crippen molar-refractivity contribution in [1.29, 1.82) is 0 Å². The molecule has 5 nitrogen and oxygen atoms in total. The Bertz CT molecular complexity index is 168. The van der Waals surface area contributed by atoms with Gasteiger partial charge in [-0.3, -0.25) is 0 Å². The van der Waals surface area contributed by atoms with Crippen LogP contribution in [-0.2, 0) is 6.54 Å². The Morgan fingerprint density at radius 1 is 1.75 bits per heavy atom. The Morgan fingerprint density at radius 2 is 2.50 bits per heavy atom. The first-order chi connectivity index (χ1) is 3.84. The van der Waals surface area contributed by atoms with Crippen molar-refractivity contribution in [2.24, 2.45) is 0 Å². The fourth-order valence-electron chi connectivity index (χ4n) is 0.371. The van der Waals surface area contributed by atoms with Gasteiger partial charge >= 0.3 is 0 Å². The fourth-order valence-corrected chi connectivity index (χ4v) is 0.371. The molecule has 5 heteroatoms. The molecule has 0 spiro atoms. The topological polar surface area (TPSA) is 69.6 Å². The minimum Gasteiger partial charge on any atom is -0.367 e. The first kappa shape index (κ1) is 5.02. The quantitative estimate of drug-likeness (QED) is 0.510. The summed E-state index contributed by atoms with van der Waals surface area (Å²) in [5.74, 6) is 0.306. The summed E-state index contributed by atoms with van der Waals surface area (Å²) in [6, 6.07) is 0. The second kappa shape index (κ2) is 1.77. The summed E-state index contributed by atoms with van der Waals surface area (Å²) in [5.41, 5.74) is 5.24. The highest BCUT2D eigenvalue weighted by molar-refractivity contribution is 5.09. The van der Waals surface area contributed by atoms with Gasteiger partial charge in [0.15, 0.2) is 0 Å². The smallest absolute Gasteiger partial charge is 0.240 e. The number of hydrogen-bond acceptors (Lipinski definition) is 4. The molecule has 8 heavy (non-hydrogen) atoms. The van der Waals surface area contributed by atoms with E-state index in [9.17, 15) is 0 Å². The third kappa shape index (κ3) is 0.617. The molecule has 0 amide bonds. The maximum absolute atomic E-state index is 5.24. The van der Waals surface area contributed by atoms with Crippen LogP contribution in [0, 0.1) is 6.92 Å². The molecule has 0 fully saturated rings. The van der Waals surface area contributed by atoms with Crippen molar-refractivity contribution in [3.05, 3.63) is 6.92 Å². The van der Waals surface area contributed by atoms with Gasteiger partial charge in [-0.05, 0) is 17.4 Å². The van der Waals surface area contributed by atoms with E-state index >= 15 is 0 Å². The monoisotopic (exact) mass is 112 g/mol. The largest absolute Gasteiger partial charge is 0.367 e. The maximum Gasteiger partial charge on any atom is 0.240 e. The van der Waals surface area contributed by atoms with E-state index < -0.39 is 0 Å². The van der Waals surface area contributed by atoms with Crippen LogP contribution in [0.3, 0.4) is 0 Å². The molecule has 0 aliphatic carbocycles. The third-order valence-corrected chi connectivity index (χ3v) is 0.771. The highest BCUT2D eigenvalue weighted by Crippen LogP contribution is 1.87. The summed E-state index contributed by atoms with van der Waals surface area (Å²) in [6.07, 6.45) is 0. The van der Waals surface area contributed by atoms with Crippen LogP contribution in [0.4, 0.5) is 5.95 Å². The molecule has 0 unspecified atom stereocenters. The number of nitrogens with two attached hydrogens (primary N) is 1. The lowest BCUT2D eigenvalue weighted by molar-refractivity contribution is 0.665. The molecule has 0 aliphatic heterocycles. The van der Waals surface area contributed by atoms with Gasteiger partial charge in [0.25, 0.3) is 0 Å². The number of nitrogen functional groups attached to an aromatic ring is 1. The lowest BCUT2D eigenvalue weighted by Gasteiger charge is -1.89. The van der Waals surface area contributed by atoms with Crippen molar-refractivity contribution in [3.63, 3.8) is 0 Å². The van der Waals surface area contributed by atoms with Crippen molar-refractivity contribution < 1.29 is 0 Å². The number of rotatable bonds is 1. The molecule has 43 valence electrons. The van der Waals surface area contributed by atoms with Crippen LogP contribution in [0.5, 0.6) is 0 Å². The molecule has 1 radical (unpaired) electrons. The molecule has 0 bridgehead atoms. The summed E-state index contributed by atoms with van der Waals surface area (Å²) in [7, 11) is 0. The zero-order chi connectivity index (χ0) is 5.98. The molecule has 1 heterocycles. The van der Waals surface area contributed by atoms with Crippen LogP contribution in [0.1, 0.15) is 0 Å². The third-order valence-electron chi connectivity index (χ3n) is 0.771. The molecule has 2 N–H and O–H groups in total. The van der Waals surface area contributed by atoms with Crippen molar-refractivity contribution >= 4 is 5.95 Å². The van der Waals surface area contributed by atoms with Crippen molar-refractivity contribution in [2.45, 2.75) is 6.54 Å². The van der Waals surface area contributed by atoms with Gasteiger partial charge in [-0.2, -0.15) is 0 Å². The first-order valence-electron chi connectivity index (χ1n) is 2.15. The van der Waals surface area contributed by atoms with Crippen molar-refractivity contribution in [1.82, 2.24) is 20.2 Å². The van der Waals surface area contributed by atoms with Crippen LogP contribution in [0.2, 0.25) is 0 Å². The van der Waals surface area contributed by atoms with Gasteiger partial charge in [0.1, 0.15) is 0 Å². The molecular weight excluding hydrogens is 106 g/mol. The average molecular weight is 112 g/mol. The summed E-state index contributed by atoms with van der Waals surface area (Å²) >= 11 is 0. The van der Waals surface area contributed by atoms with Crippen molar-refractivity contribution in [2.75, 3.05) is 5.73 Å². The van der Waals surface area contributed by atoms with E-state index in [-0.39, 0.29) is 0 Å². The van der Waals surface area contributed by atoms with Gasteiger partial charge in [-0.15, -0.1) is 0 Å². The van der Waals surface area contributed by atoms with Crippen LogP contribution in [0.15, 0.2) is 0 Å². The molecule has 1 rings (SSSR count). The molecule has 1 aromatic heterocycles. The van der Waals surface area contributed by atoms with E-state index in [1.165, 1.54) is 4.68 Å². The lowest BCUT2D eigenvalue weighted by atomic mass is 10.8. The SMILES string of the molecule is [CH2]Cn1nnnc1N. The number of hydrogen-bond donors (Lipinski definition) is 1. The Morgan fingerprint density at radius 3 is 2.75 bits per heavy atom. The summed E-state index contributed by atoms with van der Waals surface area (Å²) in [4.78, 5) is 0. The predicted molar refractivity (Wildman–Crippen MR) is 27.6 cm³/mol. The van der Waals surface area contributed by atoms with E-state index in [2.05, 4.69) is 22.4 Å². The Kier molecular flexibility index (Phi) is 1.11. The van der Waals surface area contributed by atoms with Gasteiger partial charge in [0.2, 0.25) is 5.95 Å². The average Bonchev–Trinajstić information content (AvgIpc) is 2.14. The minimum atomic E-state index is 0.306. The van der Waals surface area contributed by atoms with Crippen molar-refractivity contribution in [3.8, 4) is 0 Å². The zero-order valence-electron chi connectivity index (χ0n) is 4.28. The standard InChI is InChI=1S/C3H6N5/c1-2-8-3(4)5-6-7-8/h1-2H2,(H2,4,5,7). The zero-order valence-corrected chi connectivity index (χ0v) is 4.28. The molecule has 0 saturated heterocycles. The van der Waals surface area contributed by atoms with Crippen LogP contribution in [-0.4, -0.2) is 20.2 Å². The first-order valence-corrected chi connectivity index (χ1v) is 2.15. The maximum atomic E-state index is 5.24. The molecule has 0 atom stereocenters. The highest BCUT2D eigenvalue weighted by Gasteiger charge is 1.93. The predicted octanol–water partition coefficient (Wildman–Crippen LogP) is -0.911. The lowest BCUT2D eigenvalue weighted by Crippen LogP contribution is -2.02. The Hall–Kier alpha value is -1.13. The normalized spacial score (nSPS) is 9.62. The van der Waals surface area contributed by atoms with Crippen LogP contribution < -0.4 is 5.73 Å². The summed E-state index contributed by atoms with van der Waals surface area (Å²) in [6.45, 7) is 4.00. The fraction of sp³-hybridized carbons (Fsp3) is 0.333. The van der Waals surface area contributed by atoms with E-state index in [1.807, 2.05) is 0 Å². The molecule has 1 aromatic rings. The molecule has 0 aromatic carbocycles. The van der Waals surface area contributed by atoms with Gasteiger partial charge < -0.3 is 5.73 Å². The summed E-state index contributed by atoms with van der Waals surface area (Å²) in [5, 5.41) is 10.2. The minimum absolute atomic E-state index is 0.306. The van der Waals surface area contributed by atoms with Gasteiger partial charge in [-0.1, -0.05) is 5.10 Å². The van der Waals surface area contributed by atoms with E-state index in [0.717, 1.165) is 0 Å². The van der Waals surface area contributed by atoms with Gasteiger partial charge in [-0.25, -0.2) is 4.68 Å². The van der Waals surface area contributed by atoms with Crippen LogP contribution in [0.25, 0.3) is 0 Å². The number of aromatic nitrogens is 4. The van der Waals surface area contributed by atoms with E-state index in [1.54, 1.807) is 0 Å². The van der Waals surface area contributed by atoms with Gasteiger partial charge in [0, 0.05) is 6.54 Å². The highest BCUT2D eigenvalue weighted by atomic mass is 15.6.